The number of nitrogens with zero attached hydrogens (tertiary/aromatic N) is 4. The second-order valence-corrected chi connectivity index (χ2v) is 8.92. The van der Waals surface area contributed by atoms with Gasteiger partial charge in [-0.15, -0.1) is 10.2 Å². The third-order valence-electron chi connectivity index (χ3n) is 5.82. The Hall–Kier alpha value is -2.98. The van der Waals surface area contributed by atoms with Crippen LogP contribution in [0, 0.1) is 6.92 Å². The lowest BCUT2D eigenvalue weighted by atomic mass is 10.0. The van der Waals surface area contributed by atoms with Gasteiger partial charge in [-0.05, 0) is 93.7 Å². The van der Waals surface area contributed by atoms with E-state index >= 15 is 0 Å². The van der Waals surface area contributed by atoms with Crippen molar-refractivity contribution in [2.75, 3.05) is 31.5 Å². The van der Waals surface area contributed by atoms with Gasteiger partial charge in [-0.2, -0.15) is 13.2 Å². The molecule has 7 nitrogen and oxygen atoms in total. The number of ether oxygens (including phenoxy) is 1. The fourth-order valence-corrected chi connectivity index (χ4v) is 4.29. The van der Waals surface area contributed by atoms with Gasteiger partial charge in [0.05, 0.1) is 5.52 Å². The van der Waals surface area contributed by atoms with Gasteiger partial charge in [-0.25, -0.2) is 9.78 Å². The molecule has 0 aliphatic carbocycles. The lowest BCUT2D eigenvalue weighted by Crippen LogP contribution is -2.27. The quantitative estimate of drug-likeness (QED) is 0.248. The summed E-state index contributed by atoms with van der Waals surface area (Å²) in [7, 11) is 0. The van der Waals surface area contributed by atoms with Crippen LogP contribution in [0.3, 0.4) is 0 Å². The Morgan fingerprint density at radius 3 is 2.66 bits per heavy atom. The maximum atomic E-state index is 12.5. The number of rotatable bonds is 8. The maximum Gasteiger partial charge on any atom is 0.491 e. The van der Waals surface area contributed by atoms with Gasteiger partial charge in [0, 0.05) is 17.1 Å². The van der Waals surface area contributed by atoms with E-state index in [1.807, 2.05) is 6.92 Å². The number of halogens is 4. The number of aryl methyl sites for hydroxylation is 1. The lowest BCUT2D eigenvalue weighted by molar-refractivity contribution is -0.189. The number of alkyl halides is 3. The molecule has 1 saturated heterocycles. The van der Waals surface area contributed by atoms with Gasteiger partial charge in [0.1, 0.15) is 11.3 Å². The summed E-state index contributed by atoms with van der Waals surface area (Å²) in [5, 5.41) is 11.9. The number of fused-ring (bicyclic) bond motifs is 1. The molecule has 1 N–H and O–H groups in total. The van der Waals surface area contributed by atoms with E-state index in [-0.39, 0.29) is 10.8 Å². The SMILES string of the molecule is Cc1cc(-c2cc(OC(=O)C(F)(F)F)ccc2Cl)cc2nnc(NCCCCN3CCCC3)nc12. The highest BCUT2D eigenvalue weighted by Gasteiger charge is 2.41. The largest absolute Gasteiger partial charge is 0.491 e. The van der Waals surface area contributed by atoms with E-state index in [4.69, 9.17) is 11.6 Å². The number of aromatic nitrogens is 3. The molecule has 4 rings (SSSR count). The standard InChI is InChI=1S/C24H25ClF3N5O2/c1-15-12-16(18-14-17(6-7-19(18)25)35-22(34)24(26,27)28)13-20-21(15)30-23(32-31-20)29-8-2-3-9-33-10-4-5-11-33/h6-7,12-14H,2-5,8-11H2,1H3,(H,29,30,32). The van der Waals surface area contributed by atoms with Crippen LogP contribution in [-0.2, 0) is 4.79 Å². The van der Waals surface area contributed by atoms with Crippen molar-refractivity contribution in [3.63, 3.8) is 0 Å². The van der Waals surface area contributed by atoms with Crippen molar-refractivity contribution < 1.29 is 22.7 Å². The average Bonchev–Trinajstić information content (AvgIpc) is 3.33. The number of hydrogen-bond acceptors (Lipinski definition) is 7. The van der Waals surface area contributed by atoms with E-state index in [0.717, 1.165) is 31.5 Å². The van der Waals surface area contributed by atoms with Gasteiger partial charge in [-0.1, -0.05) is 11.6 Å². The summed E-state index contributed by atoms with van der Waals surface area (Å²) in [5.74, 6) is -2.13. The molecular weight excluding hydrogens is 483 g/mol. The van der Waals surface area contributed by atoms with Gasteiger partial charge in [0.25, 0.3) is 0 Å². The molecule has 186 valence electrons. The molecule has 1 aliphatic rings. The minimum Gasteiger partial charge on any atom is -0.420 e. The van der Waals surface area contributed by atoms with Gasteiger partial charge in [0.15, 0.2) is 0 Å². The van der Waals surface area contributed by atoms with Crippen LogP contribution in [-0.4, -0.2) is 58.4 Å². The first kappa shape index (κ1) is 25.1. The number of carbonyl (C=O) groups is 1. The number of nitrogens with one attached hydrogen (secondary N) is 1. The van der Waals surface area contributed by atoms with Crippen LogP contribution in [0.4, 0.5) is 19.1 Å². The number of benzene rings is 2. The summed E-state index contributed by atoms with van der Waals surface area (Å²) < 4.78 is 42.1. The molecule has 1 fully saturated rings. The molecule has 11 heteroatoms. The minimum atomic E-state index is -5.10. The Morgan fingerprint density at radius 2 is 1.91 bits per heavy atom. The molecule has 0 saturated carbocycles. The van der Waals surface area contributed by atoms with Crippen LogP contribution in [0.5, 0.6) is 5.75 Å². The average molecular weight is 508 g/mol. The van der Waals surface area contributed by atoms with Crippen molar-refractivity contribution in [2.24, 2.45) is 0 Å². The molecule has 0 bridgehead atoms. The Kier molecular flexibility index (Phi) is 7.71. The van der Waals surface area contributed by atoms with Gasteiger partial charge >= 0.3 is 12.1 Å². The van der Waals surface area contributed by atoms with Crippen molar-refractivity contribution in [1.29, 1.82) is 0 Å². The normalized spacial score (nSPS) is 14.4. The zero-order valence-corrected chi connectivity index (χ0v) is 19.9. The summed E-state index contributed by atoms with van der Waals surface area (Å²) in [5.41, 5.74) is 2.93. The van der Waals surface area contributed by atoms with E-state index in [1.165, 1.54) is 44.1 Å². The molecule has 2 heterocycles. The van der Waals surface area contributed by atoms with Crippen molar-refractivity contribution >= 4 is 34.6 Å². The third kappa shape index (κ3) is 6.37. The first-order valence-electron chi connectivity index (χ1n) is 11.4. The van der Waals surface area contributed by atoms with Crippen molar-refractivity contribution in [1.82, 2.24) is 20.1 Å². The number of likely N-dealkylation sites (tertiary alicyclic amines) is 1. The Balaban J connectivity index is 1.46. The monoisotopic (exact) mass is 507 g/mol. The Bertz CT molecular complexity index is 1220. The van der Waals surface area contributed by atoms with Gasteiger partial charge in [0.2, 0.25) is 5.95 Å². The minimum absolute atomic E-state index is 0.266. The number of esters is 1. The van der Waals surface area contributed by atoms with Crippen molar-refractivity contribution in [3.05, 3.63) is 40.9 Å². The molecule has 1 aliphatic heterocycles. The highest BCUT2D eigenvalue weighted by molar-refractivity contribution is 6.33. The van der Waals surface area contributed by atoms with Crippen LogP contribution in [0.2, 0.25) is 5.02 Å². The topological polar surface area (TPSA) is 80.2 Å². The summed E-state index contributed by atoms with van der Waals surface area (Å²) in [6, 6.07) is 7.35. The molecular formula is C24H25ClF3N5O2. The van der Waals surface area contributed by atoms with Crippen LogP contribution in [0.25, 0.3) is 22.2 Å². The van der Waals surface area contributed by atoms with Gasteiger partial charge < -0.3 is 15.0 Å². The molecule has 0 spiro atoms. The first-order valence-corrected chi connectivity index (χ1v) is 11.8. The fourth-order valence-electron chi connectivity index (χ4n) is 4.06. The first-order chi connectivity index (χ1) is 16.7. The number of hydrogen-bond donors (Lipinski definition) is 1. The Labute approximate surface area is 205 Å². The number of anilines is 1. The predicted octanol–water partition coefficient (Wildman–Crippen LogP) is 5.41. The van der Waals surface area contributed by atoms with Crippen LogP contribution in [0.15, 0.2) is 30.3 Å². The molecule has 0 unspecified atom stereocenters. The summed E-state index contributed by atoms with van der Waals surface area (Å²) in [6.45, 7) is 6.10. The molecule has 1 aromatic heterocycles. The highest BCUT2D eigenvalue weighted by atomic mass is 35.5. The summed E-state index contributed by atoms with van der Waals surface area (Å²) >= 11 is 6.28. The fraction of sp³-hybridized carbons (Fsp3) is 0.417. The molecule has 0 atom stereocenters. The van der Waals surface area contributed by atoms with Crippen LogP contribution >= 0.6 is 11.6 Å². The molecule has 0 radical (unpaired) electrons. The molecule has 3 aromatic rings. The third-order valence-corrected chi connectivity index (χ3v) is 6.15. The van der Waals surface area contributed by atoms with Gasteiger partial charge in [-0.3, -0.25) is 0 Å². The van der Waals surface area contributed by atoms with Crippen LogP contribution in [0.1, 0.15) is 31.2 Å². The van der Waals surface area contributed by atoms with Crippen molar-refractivity contribution in [3.8, 4) is 16.9 Å². The zero-order chi connectivity index (χ0) is 25.0. The summed E-state index contributed by atoms with van der Waals surface area (Å²) in [6.07, 6.45) is -0.406. The number of carbonyl (C=O) groups excluding carboxylic acids is 1. The smallest absolute Gasteiger partial charge is 0.420 e. The second kappa shape index (κ2) is 10.7. The molecule has 0 amide bonds. The van der Waals surface area contributed by atoms with E-state index < -0.39 is 12.1 Å². The van der Waals surface area contributed by atoms with E-state index in [1.54, 1.807) is 12.1 Å². The Morgan fingerprint density at radius 1 is 1.14 bits per heavy atom. The second-order valence-electron chi connectivity index (χ2n) is 8.51. The van der Waals surface area contributed by atoms with E-state index in [0.29, 0.717) is 28.1 Å². The molecule has 35 heavy (non-hydrogen) atoms. The van der Waals surface area contributed by atoms with Crippen LogP contribution < -0.4 is 10.1 Å². The highest BCUT2D eigenvalue weighted by Crippen LogP contribution is 2.34. The van der Waals surface area contributed by atoms with Crippen molar-refractivity contribution in [2.45, 2.75) is 38.8 Å². The number of unbranched alkanes of at least 4 members (excludes halogenated alkanes) is 1. The predicted molar refractivity (Wildman–Crippen MR) is 128 cm³/mol. The summed E-state index contributed by atoms with van der Waals surface area (Å²) in [4.78, 5) is 18.2. The maximum absolute atomic E-state index is 12.5. The lowest BCUT2D eigenvalue weighted by Gasteiger charge is -2.14. The van der Waals surface area contributed by atoms with E-state index in [2.05, 4.69) is 30.1 Å². The van der Waals surface area contributed by atoms with E-state index in [9.17, 15) is 18.0 Å². The molecule has 2 aromatic carbocycles. The zero-order valence-electron chi connectivity index (χ0n) is 19.2.